The molecule has 1 heterocycles. The first-order chi connectivity index (χ1) is 20.3. The number of ether oxygens (including phenoxy) is 3. The van der Waals surface area contributed by atoms with Crippen LogP contribution in [0.2, 0.25) is 0 Å². The van der Waals surface area contributed by atoms with E-state index in [0.29, 0.717) is 19.3 Å². The topological polar surface area (TPSA) is 132 Å². The minimum atomic E-state index is -0.503. The Labute approximate surface area is 292 Å². The van der Waals surface area contributed by atoms with E-state index < -0.39 is 17.3 Å². The first-order valence-electron chi connectivity index (χ1n) is 16.2. The summed E-state index contributed by atoms with van der Waals surface area (Å²) in [5.41, 5.74) is -1.81. The molecular weight excluding hydrogens is 635 g/mol. The molecule has 0 unspecified atom stereocenters. The van der Waals surface area contributed by atoms with Crippen molar-refractivity contribution in [3.63, 3.8) is 0 Å². The Morgan fingerprint density at radius 1 is 0.791 bits per heavy atom. The van der Waals surface area contributed by atoms with Crippen LogP contribution in [-0.4, -0.2) is 102 Å². The van der Waals surface area contributed by atoms with Crippen LogP contribution in [0, 0.1) is 18.3 Å². The van der Waals surface area contributed by atoms with Gasteiger partial charge in [0.15, 0.2) is 0 Å². The zero-order valence-electron chi connectivity index (χ0n) is 31.9. The first kappa shape index (κ1) is 38.0. The fourth-order valence-electron chi connectivity index (χ4n) is 6.41. The third-order valence-corrected chi connectivity index (χ3v) is 8.18. The van der Waals surface area contributed by atoms with Crippen molar-refractivity contribution in [2.75, 3.05) is 27.4 Å². The molecule has 7 aliphatic rings. The molecule has 250 valence electrons. The zero-order valence-corrected chi connectivity index (χ0v) is 30.9. The van der Waals surface area contributed by atoms with Crippen molar-refractivity contribution in [3.05, 3.63) is 7.43 Å². The Bertz CT molecular complexity index is 982. The van der Waals surface area contributed by atoms with Crippen molar-refractivity contribution < 1.29 is 62.6 Å². The maximum atomic E-state index is 12.0. The number of nitrogens with zero attached hydrogens (tertiary/aromatic N) is 1. The van der Waals surface area contributed by atoms with Gasteiger partial charge >= 0.3 is 35.2 Å². The van der Waals surface area contributed by atoms with Crippen LogP contribution in [0.1, 0.15) is 107 Å². The molecule has 0 spiro atoms. The Kier molecular flexibility index (Phi) is 13.2. The van der Waals surface area contributed by atoms with E-state index in [1.807, 2.05) is 41.5 Å². The molecule has 7 fully saturated rings. The molecule has 0 aromatic carbocycles. The molecule has 0 aromatic heterocycles. The van der Waals surface area contributed by atoms with Gasteiger partial charge in [-0.15, -0.1) is 0 Å². The van der Waals surface area contributed by atoms with Gasteiger partial charge < -0.3 is 49.3 Å². The standard InChI is InChI=1S/C13H22N2O4.C12H19NO3.C4H8O.CH3.BrH.Mg.3H2/c1-11(2,3)19-10(17)14-13-6-12(7-13,8-13)9(16)15(4)18-5;1-8(14)11-5-12(6-11,7-11)13-9(15)16-10(2,3)4;1-2-4-5-3-1;;;;;;/h6-8H2,1-5H3,(H,14,17);5-7H2,1-4H3,(H,13,15);1-4H2;1H3;1H;;3*1H/q;;;-1;;+2;;;/p-1/i;;;;;;2*1+1D;1+1. The van der Waals surface area contributed by atoms with E-state index in [1.54, 1.807) is 14.0 Å². The molecule has 4 bridgehead atoms. The van der Waals surface area contributed by atoms with E-state index >= 15 is 0 Å². The molecular formula is C30H58BrMgN3O8. The van der Waals surface area contributed by atoms with Crippen molar-refractivity contribution in [3.8, 4) is 0 Å². The van der Waals surface area contributed by atoms with E-state index in [4.69, 9.17) is 25.0 Å². The minimum Gasteiger partial charge on any atom is -1.00 e. The predicted molar refractivity (Wildman–Crippen MR) is 166 cm³/mol. The molecule has 6 aliphatic carbocycles. The second-order valence-electron chi connectivity index (χ2n) is 14.3. The van der Waals surface area contributed by atoms with Crippen molar-refractivity contribution in [2.24, 2.45) is 10.8 Å². The van der Waals surface area contributed by atoms with Crippen LogP contribution in [0.3, 0.4) is 0 Å². The summed E-state index contributed by atoms with van der Waals surface area (Å²) in [5.74, 6) is 0.239. The van der Waals surface area contributed by atoms with E-state index in [2.05, 4.69) is 10.6 Å². The van der Waals surface area contributed by atoms with Gasteiger partial charge in [0, 0.05) is 44.1 Å². The molecule has 7 rings (SSSR count). The maximum Gasteiger partial charge on any atom is 2.00 e. The third kappa shape index (κ3) is 10.2. The molecule has 13 heteroatoms. The van der Waals surface area contributed by atoms with Crippen LogP contribution < -0.4 is 27.6 Å². The second kappa shape index (κ2) is 15.0. The first-order valence-corrected chi connectivity index (χ1v) is 14.2. The Hall–Kier alpha value is -1.15. The largest absolute Gasteiger partial charge is 2.00 e. The van der Waals surface area contributed by atoms with Crippen molar-refractivity contribution in [1.82, 2.24) is 15.7 Å². The molecule has 1 aliphatic heterocycles. The summed E-state index contributed by atoms with van der Waals surface area (Å²) in [6.45, 7) is 14.6. The number of nitrogens with one attached hydrogen (secondary N) is 2. The van der Waals surface area contributed by atoms with Gasteiger partial charge in [-0.3, -0.25) is 14.4 Å². The molecule has 0 aromatic rings. The van der Waals surface area contributed by atoms with Gasteiger partial charge in [0.05, 0.1) is 12.5 Å². The number of carbonyl (C=O) groups is 4. The van der Waals surface area contributed by atoms with E-state index in [1.165, 1.54) is 25.0 Å². The average Bonchev–Trinajstić information content (AvgIpc) is 3.42. The van der Waals surface area contributed by atoms with Gasteiger partial charge in [-0.25, -0.2) is 14.7 Å². The second-order valence-corrected chi connectivity index (χ2v) is 14.3. The molecule has 1 saturated heterocycles. The number of amides is 3. The van der Waals surface area contributed by atoms with E-state index in [0.717, 1.165) is 32.5 Å². The SMILES string of the molecule is C1CCOC1.CC(=O)C12CC(NC(=O)OC(C)(C)C)(C1)C2.CON(C)C(=O)C12CC(NC(=O)OC(C)(C)C)(C1)C2.[2HH].[2H][2H].[2H][2H].[Br-].[CH3-].[Mg+2]. The number of halogens is 1. The number of hydrogen-bond donors (Lipinski definition) is 2. The molecule has 6 saturated carbocycles. The Balaban J connectivity index is -0.000000304. The number of alkyl carbamates (subject to hydrolysis) is 2. The normalized spacial score (nSPS) is 30.5. The quantitative estimate of drug-likeness (QED) is 0.254. The van der Waals surface area contributed by atoms with Crippen LogP contribution in [0.25, 0.3) is 0 Å². The van der Waals surface area contributed by atoms with Crippen LogP contribution in [-0.2, 0) is 28.6 Å². The summed E-state index contributed by atoms with van der Waals surface area (Å²) in [5, 5.41) is 7.02. The summed E-state index contributed by atoms with van der Waals surface area (Å²) in [6, 6.07) is 0. The number of hydroxylamine groups is 2. The Morgan fingerprint density at radius 2 is 1.14 bits per heavy atom. The van der Waals surface area contributed by atoms with Gasteiger partial charge in [-0.2, -0.15) is 0 Å². The molecule has 11 nitrogen and oxygen atoms in total. The summed E-state index contributed by atoms with van der Waals surface area (Å²) in [7, 11) is 3.08. The molecule has 0 atom stereocenters. The molecule has 43 heavy (non-hydrogen) atoms. The predicted octanol–water partition coefficient (Wildman–Crippen LogP) is 2.08. The minimum absolute atomic E-state index is 0. The Morgan fingerprint density at radius 3 is 1.40 bits per heavy atom. The smallest absolute Gasteiger partial charge is 1.00 e. The average molecular weight is 698 g/mol. The molecule has 0 radical (unpaired) electrons. The van der Waals surface area contributed by atoms with Crippen molar-refractivity contribution >= 4 is 46.9 Å². The van der Waals surface area contributed by atoms with Gasteiger partial charge in [0.2, 0.25) is 0 Å². The van der Waals surface area contributed by atoms with E-state index in [9.17, 15) is 19.2 Å². The number of ketones is 1. The van der Waals surface area contributed by atoms with Gasteiger partial charge in [0.1, 0.15) is 17.0 Å². The fourth-order valence-corrected chi connectivity index (χ4v) is 6.41. The van der Waals surface area contributed by atoms with Crippen molar-refractivity contribution in [1.29, 1.82) is 0 Å². The number of carbonyl (C=O) groups excluding carboxylic acids is 4. The summed E-state index contributed by atoms with van der Waals surface area (Å²) in [6.07, 6.45) is 6.15. The van der Waals surface area contributed by atoms with Gasteiger partial charge in [0.25, 0.3) is 5.91 Å². The molecule has 2 N–H and O–H groups in total. The van der Waals surface area contributed by atoms with Crippen LogP contribution in [0.5, 0.6) is 0 Å². The van der Waals surface area contributed by atoms with Crippen LogP contribution in [0.4, 0.5) is 9.59 Å². The van der Waals surface area contributed by atoms with Crippen LogP contribution in [0.15, 0.2) is 0 Å². The number of hydrogen-bond acceptors (Lipinski definition) is 8. The number of Topliss-reactive ketones (excluding diaryl/α,β-unsaturated/α-hetero) is 1. The fraction of sp³-hybridized carbons (Fsp3) is 0.833. The summed E-state index contributed by atoms with van der Waals surface area (Å²) in [4.78, 5) is 51.5. The van der Waals surface area contributed by atoms with Crippen LogP contribution >= 0.6 is 0 Å². The van der Waals surface area contributed by atoms with Gasteiger partial charge in [-0.1, -0.05) is 0 Å². The number of rotatable bonds is 5. The van der Waals surface area contributed by atoms with Crippen molar-refractivity contribution in [2.45, 2.75) is 122 Å². The summed E-state index contributed by atoms with van der Waals surface area (Å²) >= 11 is 0. The van der Waals surface area contributed by atoms with Gasteiger partial charge in [-0.05, 0) is 99.8 Å². The third-order valence-electron chi connectivity index (χ3n) is 8.18. The maximum absolute atomic E-state index is 12.0. The molecule has 3 amide bonds. The monoisotopic (exact) mass is 696 g/mol. The van der Waals surface area contributed by atoms with E-state index in [-0.39, 0.29) is 88.6 Å². The zero-order chi connectivity index (χ0) is 34.2. The summed E-state index contributed by atoms with van der Waals surface area (Å²) < 4.78 is 35.4.